The molecule has 1 amide bonds. The number of hydrogen-bond acceptors (Lipinski definition) is 6. The molecule has 1 aromatic carbocycles. The van der Waals surface area contributed by atoms with E-state index in [9.17, 15) is 13.2 Å². The van der Waals surface area contributed by atoms with Crippen LogP contribution in [0.15, 0.2) is 39.9 Å². The fourth-order valence-electron chi connectivity index (χ4n) is 2.67. The molecular weight excluding hydrogens is 386 g/mol. The molecule has 0 radical (unpaired) electrons. The molecule has 1 aromatic heterocycles. The molecule has 1 atom stereocenters. The second kappa shape index (κ2) is 9.23. The van der Waals surface area contributed by atoms with Gasteiger partial charge in [-0.15, -0.1) is 11.3 Å². The van der Waals surface area contributed by atoms with Crippen LogP contribution in [0.5, 0.6) is 11.5 Å². The van der Waals surface area contributed by atoms with E-state index < -0.39 is 15.1 Å². The van der Waals surface area contributed by atoms with Gasteiger partial charge >= 0.3 is 0 Å². The molecular formula is C19H25NO5S2. The van der Waals surface area contributed by atoms with Gasteiger partial charge in [-0.3, -0.25) is 4.79 Å². The molecule has 148 valence electrons. The lowest BCUT2D eigenvalue weighted by atomic mass is 10.1. The molecule has 0 spiro atoms. The normalized spacial score (nSPS) is 12.6. The van der Waals surface area contributed by atoms with Crippen LogP contribution in [0.2, 0.25) is 0 Å². The van der Waals surface area contributed by atoms with Crippen molar-refractivity contribution < 1.29 is 22.7 Å². The van der Waals surface area contributed by atoms with Gasteiger partial charge in [-0.1, -0.05) is 26.0 Å². The van der Waals surface area contributed by atoms with Crippen LogP contribution in [0, 0.1) is 5.92 Å². The number of thiophene rings is 1. The van der Waals surface area contributed by atoms with Crippen molar-refractivity contribution in [3.05, 3.63) is 41.3 Å². The first-order valence-electron chi connectivity index (χ1n) is 8.55. The zero-order valence-electron chi connectivity index (χ0n) is 15.9. The van der Waals surface area contributed by atoms with E-state index >= 15 is 0 Å². The van der Waals surface area contributed by atoms with Crippen LogP contribution >= 0.6 is 11.3 Å². The summed E-state index contributed by atoms with van der Waals surface area (Å²) in [7, 11) is -0.660. The summed E-state index contributed by atoms with van der Waals surface area (Å²) in [5, 5.41) is 3.56. The maximum Gasteiger partial charge on any atom is 0.220 e. The van der Waals surface area contributed by atoms with Crippen LogP contribution in [0.25, 0.3) is 0 Å². The first-order valence-corrected chi connectivity index (χ1v) is 11.0. The van der Waals surface area contributed by atoms with Gasteiger partial charge in [-0.25, -0.2) is 8.42 Å². The molecule has 2 aromatic rings. The number of amides is 1. The van der Waals surface area contributed by atoms with Gasteiger partial charge in [-0.05, 0) is 35.1 Å². The zero-order chi connectivity index (χ0) is 20.0. The Morgan fingerprint density at radius 1 is 1.15 bits per heavy atom. The minimum absolute atomic E-state index is 0.0126. The summed E-state index contributed by atoms with van der Waals surface area (Å²) in [4.78, 5) is 12.1. The van der Waals surface area contributed by atoms with Crippen LogP contribution in [0.1, 0.15) is 31.1 Å². The minimum atomic E-state index is -3.67. The third-order valence-electron chi connectivity index (χ3n) is 4.01. The third kappa shape index (κ3) is 5.23. The predicted molar refractivity (Wildman–Crippen MR) is 106 cm³/mol. The molecule has 0 aliphatic rings. The topological polar surface area (TPSA) is 81.7 Å². The molecule has 2 rings (SSSR count). The van der Waals surface area contributed by atoms with Crippen LogP contribution in [-0.4, -0.2) is 35.1 Å². The number of nitrogens with one attached hydrogen (secondary N) is 1. The summed E-state index contributed by atoms with van der Waals surface area (Å²) in [6, 6.07) is 8.26. The molecule has 8 heteroatoms. The Morgan fingerprint density at radius 2 is 1.85 bits per heavy atom. The summed E-state index contributed by atoms with van der Waals surface area (Å²) in [6.45, 7) is 3.86. The maximum absolute atomic E-state index is 13.2. The van der Waals surface area contributed by atoms with E-state index in [0.29, 0.717) is 23.5 Å². The lowest BCUT2D eigenvalue weighted by molar-refractivity contribution is -0.121. The van der Waals surface area contributed by atoms with E-state index in [1.165, 1.54) is 14.2 Å². The van der Waals surface area contributed by atoms with Crippen molar-refractivity contribution in [2.24, 2.45) is 5.92 Å². The van der Waals surface area contributed by atoms with E-state index in [2.05, 4.69) is 5.32 Å². The molecule has 0 saturated heterocycles. The zero-order valence-corrected chi connectivity index (χ0v) is 17.5. The van der Waals surface area contributed by atoms with Gasteiger partial charge in [0.05, 0.1) is 14.2 Å². The predicted octanol–water partition coefficient (Wildman–Crippen LogP) is 3.44. The van der Waals surface area contributed by atoms with Crippen molar-refractivity contribution in [2.45, 2.75) is 29.7 Å². The largest absolute Gasteiger partial charge is 0.493 e. The Kier molecular flexibility index (Phi) is 7.26. The molecule has 0 saturated carbocycles. The molecule has 0 aliphatic heterocycles. The maximum atomic E-state index is 13.2. The number of methoxy groups -OCH3 is 2. The van der Waals surface area contributed by atoms with Gasteiger partial charge in [0.25, 0.3) is 0 Å². The molecule has 0 fully saturated rings. The van der Waals surface area contributed by atoms with Crippen molar-refractivity contribution >= 4 is 27.1 Å². The van der Waals surface area contributed by atoms with Crippen LogP contribution in [0.4, 0.5) is 0 Å². The lowest BCUT2D eigenvalue weighted by Crippen LogP contribution is -2.32. The van der Waals surface area contributed by atoms with Gasteiger partial charge in [0.1, 0.15) is 9.46 Å². The van der Waals surface area contributed by atoms with Gasteiger partial charge in [0.2, 0.25) is 5.91 Å². The Hall–Kier alpha value is -2.06. The molecule has 1 N–H and O–H groups in total. The summed E-state index contributed by atoms with van der Waals surface area (Å²) in [6.07, 6.45) is 0.345. The standard InChI is InChI=1S/C19H25NO5S2/c1-13(2)10-18(21)20-12-17(27(22,23)19-6-5-9-26-19)14-7-8-15(24-3)16(11-14)25-4/h5-9,11,13,17H,10,12H2,1-4H3,(H,20,21)/t17-/m0/s1. The van der Waals surface area contributed by atoms with Gasteiger partial charge in [-0.2, -0.15) is 0 Å². The highest BCUT2D eigenvalue weighted by Gasteiger charge is 2.31. The molecule has 27 heavy (non-hydrogen) atoms. The summed E-state index contributed by atoms with van der Waals surface area (Å²) >= 11 is 1.16. The fraction of sp³-hybridized carbons (Fsp3) is 0.421. The van der Waals surface area contributed by atoms with Crippen LogP contribution < -0.4 is 14.8 Å². The van der Waals surface area contributed by atoms with E-state index in [4.69, 9.17) is 9.47 Å². The minimum Gasteiger partial charge on any atom is -0.493 e. The highest BCUT2D eigenvalue weighted by molar-refractivity contribution is 7.93. The summed E-state index contributed by atoms with van der Waals surface area (Å²) < 4.78 is 37.1. The second-order valence-corrected chi connectivity index (χ2v) is 9.79. The van der Waals surface area contributed by atoms with Crippen molar-refractivity contribution in [2.75, 3.05) is 20.8 Å². The monoisotopic (exact) mass is 411 g/mol. The van der Waals surface area contributed by atoms with Gasteiger partial charge < -0.3 is 14.8 Å². The molecule has 6 nitrogen and oxygen atoms in total. The van der Waals surface area contributed by atoms with Gasteiger partial charge in [0, 0.05) is 13.0 Å². The number of rotatable bonds is 9. The lowest BCUT2D eigenvalue weighted by Gasteiger charge is -2.20. The molecule has 0 aliphatic carbocycles. The van der Waals surface area contributed by atoms with E-state index in [-0.39, 0.29) is 22.6 Å². The smallest absolute Gasteiger partial charge is 0.220 e. The molecule has 1 heterocycles. The van der Waals surface area contributed by atoms with E-state index in [0.717, 1.165) is 11.3 Å². The van der Waals surface area contributed by atoms with Crippen molar-refractivity contribution in [3.8, 4) is 11.5 Å². The Balaban J connectivity index is 2.39. The average molecular weight is 412 g/mol. The number of ether oxygens (including phenoxy) is 2. The highest BCUT2D eigenvalue weighted by Crippen LogP contribution is 2.36. The number of benzene rings is 1. The second-order valence-electron chi connectivity index (χ2n) is 6.48. The van der Waals surface area contributed by atoms with Crippen LogP contribution in [-0.2, 0) is 14.6 Å². The van der Waals surface area contributed by atoms with Crippen molar-refractivity contribution in [1.82, 2.24) is 5.32 Å². The first kappa shape index (κ1) is 21.2. The summed E-state index contributed by atoms with van der Waals surface area (Å²) in [5.41, 5.74) is 0.533. The first-order chi connectivity index (χ1) is 12.8. The Bertz CT molecular complexity index is 860. The molecule has 0 unspecified atom stereocenters. The average Bonchev–Trinajstić information content (AvgIpc) is 3.16. The van der Waals surface area contributed by atoms with Crippen molar-refractivity contribution in [3.63, 3.8) is 0 Å². The fourth-order valence-corrected chi connectivity index (χ4v) is 5.53. The number of sulfone groups is 1. The SMILES string of the molecule is COc1ccc([C@H](CNC(=O)CC(C)C)S(=O)(=O)c2cccs2)cc1OC. The number of carbonyl (C=O) groups is 1. The van der Waals surface area contributed by atoms with Crippen molar-refractivity contribution in [1.29, 1.82) is 0 Å². The quantitative estimate of drug-likeness (QED) is 0.683. The number of carbonyl (C=O) groups excluding carboxylic acids is 1. The third-order valence-corrected chi connectivity index (χ3v) is 7.54. The Labute approximate surface area is 164 Å². The van der Waals surface area contributed by atoms with E-state index in [1.54, 1.807) is 35.7 Å². The molecule has 0 bridgehead atoms. The summed E-state index contributed by atoms with van der Waals surface area (Å²) in [5.74, 6) is 0.975. The highest BCUT2D eigenvalue weighted by atomic mass is 32.2. The van der Waals surface area contributed by atoms with Gasteiger partial charge in [0.15, 0.2) is 21.3 Å². The van der Waals surface area contributed by atoms with E-state index in [1.807, 2.05) is 13.8 Å². The van der Waals surface area contributed by atoms with Crippen LogP contribution in [0.3, 0.4) is 0 Å². The number of hydrogen-bond donors (Lipinski definition) is 1. The Morgan fingerprint density at radius 3 is 2.41 bits per heavy atom.